The molecule has 3 heterocycles. The molecular weight excluding hydrogens is 280 g/mol. The minimum absolute atomic E-state index is 0.258. The molecule has 0 atom stereocenters. The number of amides is 1. The summed E-state index contributed by atoms with van der Waals surface area (Å²) in [6, 6.07) is 5.65. The summed E-state index contributed by atoms with van der Waals surface area (Å²) in [5.41, 5.74) is 3.73. The van der Waals surface area contributed by atoms with E-state index in [2.05, 4.69) is 20.3 Å². The van der Waals surface area contributed by atoms with Crippen molar-refractivity contribution in [2.75, 3.05) is 0 Å². The Morgan fingerprint density at radius 1 is 1.14 bits per heavy atom. The first-order chi connectivity index (χ1) is 10.7. The van der Waals surface area contributed by atoms with Gasteiger partial charge in [0.05, 0.1) is 30.1 Å². The van der Waals surface area contributed by atoms with Gasteiger partial charge in [-0.3, -0.25) is 14.8 Å². The second-order valence-electron chi connectivity index (χ2n) is 4.79. The molecule has 3 aromatic heterocycles. The molecule has 6 nitrogen and oxygen atoms in total. The molecule has 0 saturated heterocycles. The quantitative estimate of drug-likeness (QED) is 0.799. The summed E-state index contributed by atoms with van der Waals surface area (Å²) < 4.78 is 5.03. The van der Waals surface area contributed by atoms with Gasteiger partial charge in [0.2, 0.25) is 0 Å². The second kappa shape index (κ2) is 6.17. The van der Waals surface area contributed by atoms with Gasteiger partial charge in [0, 0.05) is 24.5 Å². The highest BCUT2D eigenvalue weighted by atomic mass is 16.3. The molecule has 110 valence electrons. The molecule has 0 aliphatic rings. The Morgan fingerprint density at radius 2 is 2.05 bits per heavy atom. The van der Waals surface area contributed by atoms with Crippen LogP contribution < -0.4 is 5.32 Å². The van der Waals surface area contributed by atoms with E-state index in [0.717, 1.165) is 22.5 Å². The van der Waals surface area contributed by atoms with E-state index in [0.29, 0.717) is 12.2 Å². The molecule has 0 radical (unpaired) electrons. The lowest BCUT2D eigenvalue weighted by Crippen LogP contribution is -2.24. The second-order valence-corrected chi connectivity index (χ2v) is 4.79. The van der Waals surface area contributed by atoms with Crippen molar-refractivity contribution in [1.29, 1.82) is 0 Å². The average Bonchev–Trinajstić information content (AvgIpc) is 3.08. The van der Waals surface area contributed by atoms with Crippen molar-refractivity contribution in [1.82, 2.24) is 20.3 Å². The van der Waals surface area contributed by atoms with Crippen LogP contribution in [0, 0.1) is 6.92 Å². The maximum Gasteiger partial charge on any atom is 0.271 e. The van der Waals surface area contributed by atoms with Gasteiger partial charge in [0.25, 0.3) is 5.91 Å². The lowest BCUT2D eigenvalue weighted by Gasteiger charge is -2.05. The van der Waals surface area contributed by atoms with Crippen LogP contribution in [0.4, 0.5) is 0 Å². The molecule has 0 bridgehead atoms. The monoisotopic (exact) mass is 294 g/mol. The first-order valence-corrected chi connectivity index (χ1v) is 6.77. The Morgan fingerprint density at radius 3 is 2.68 bits per heavy atom. The number of carbonyl (C=O) groups is 1. The van der Waals surface area contributed by atoms with Gasteiger partial charge in [0.1, 0.15) is 5.69 Å². The van der Waals surface area contributed by atoms with Crippen LogP contribution in [0.15, 0.2) is 53.7 Å². The number of rotatable bonds is 4. The highest BCUT2D eigenvalue weighted by molar-refractivity contribution is 5.91. The van der Waals surface area contributed by atoms with Gasteiger partial charge >= 0.3 is 0 Å². The van der Waals surface area contributed by atoms with Gasteiger partial charge in [-0.15, -0.1) is 0 Å². The Bertz CT molecular complexity index is 750. The fourth-order valence-corrected chi connectivity index (χ4v) is 1.89. The molecule has 0 aromatic carbocycles. The van der Waals surface area contributed by atoms with Crippen molar-refractivity contribution < 1.29 is 9.21 Å². The fourth-order valence-electron chi connectivity index (χ4n) is 1.89. The largest absolute Gasteiger partial charge is 0.472 e. The third-order valence-corrected chi connectivity index (χ3v) is 3.11. The van der Waals surface area contributed by atoms with Gasteiger partial charge in [-0.2, -0.15) is 0 Å². The summed E-state index contributed by atoms with van der Waals surface area (Å²) in [5.74, 6) is -0.258. The highest BCUT2D eigenvalue weighted by Gasteiger charge is 2.07. The lowest BCUT2D eigenvalue weighted by atomic mass is 10.2. The van der Waals surface area contributed by atoms with Crippen molar-refractivity contribution in [2.45, 2.75) is 13.5 Å². The first kappa shape index (κ1) is 13.9. The minimum atomic E-state index is -0.258. The van der Waals surface area contributed by atoms with E-state index in [1.165, 1.54) is 6.20 Å². The van der Waals surface area contributed by atoms with Crippen LogP contribution in [0.25, 0.3) is 11.3 Å². The van der Waals surface area contributed by atoms with E-state index in [9.17, 15) is 4.79 Å². The average molecular weight is 294 g/mol. The molecule has 0 unspecified atom stereocenters. The zero-order chi connectivity index (χ0) is 15.4. The summed E-state index contributed by atoms with van der Waals surface area (Å²) in [4.78, 5) is 24.4. The highest BCUT2D eigenvalue weighted by Crippen LogP contribution is 2.16. The van der Waals surface area contributed by atoms with E-state index in [4.69, 9.17) is 4.42 Å². The number of hydrogen-bond donors (Lipinski definition) is 1. The predicted molar refractivity (Wildman–Crippen MR) is 79.9 cm³/mol. The van der Waals surface area contributed by atoms with Gasteiger partial charge in [0.15, 0.2) is 0 Å². The van der Waals surface area contributed by atoms with Gasteiger partial charge in [-0.25, -0.2) is 4.98 Å². The van der Waals surface area contributed by atoms with Gasteiger partial charge in [-0.05, 0) is 24.6 Å². The molecule has 22 heavy (non-hydrogen) atoms. The summed E-state index contributed by atoms with van der Waals surface area (Å²) in [6.45, 7) is 2.20. The molecule has 0 saturated carbocycles. The Hall–Kier alpha value is -3.02. The molecule has 1 N–H and O–H groups in total. The summed E-state index contributed by atoms with van der Waals surface area (Å²) in [6.07, 6.45) is 8.00. The SMILES string of the molecule is Cc1cnc(C(=O)NCc2ccc(-c3ccoc3)nc2)cn1. The number of aromatic nitrogens is 3. The zero-order valence-corrected chi connectivity index (χ0v) is 12.0. The third kappa shape index (κ3) is 3.17. The van der Waals surface area contributed by atoms with Crippen LogP contribution in [0.5, 0.6) is 0 Å². The Balaban J connectivity index is 1.61. The number of hydrogen-bond acceptors (Lipinski definition) is 5. The van der Waals surface area contributed by atoms with E-state index in [1.807, 2.05) is 25.1 Å². The van der Waals surface area contributed by atoms with Crippen LogP contribution >= 0.6 is 0 Å². The smallest absolute Gasteiger partial charge is 0.271 e. The van der Waals surface area contributed by atoms with Crippen molar-refractivity contribution >= 4 is 5.91 Å². The summed E-state index contributed by atoms with van der Waals surface area (Å²) in [5, 5.41) is 2.79. The number of aryl methyl sites for hydroxylation is 1. The predicted octanol–water partition coefficient (Wildman–Crippen LogP) is 2.37. The molecule has 0 fully saturated rings. The van der Waals surface area contributed by atoms with E-state index in [-0.39, 0.29) is 5.91 Å². The molecule has 3 aromatic rings. The molecule has 0 spiro atoms. The molecular formula is C16H14N4O2. The Labute approximate surface area is 127 Å². The summed E-state index contributed by atoms with van der Waals surface area (Å²) >= 11 is 0. The maximum absolute atomic E-state index is 11.9. The minimum Gasteiger partial charge on any atom is -0.472 e. The van der Waals surface area contributed by atoms with Gasteiger partial charge < -0.3 is 9.73 Å². The van der Waals surface area contributed by atoms with E-state index < -0.39 is 0 Å². The van der Waals surface area contributed by atoms with Crippen LogP contribution in [0.3, 0.4) is 0 Å². The van der Waals surface area contributed by atoms with Crippen LogP contribution in [-0.4, -0.2) is 20.9 Å². The standard InChI is InChI=1S/C16H14N4O2/c1-11-6-18-15(9-17-11)16(21)20-8-12-2-3-14(19-7-12)13-4-5-22-10-13/h2-7,9-10H,8H2,1H3,(H,20,21). The Kier molecular flexibility index (Phi) is 3.91. The zero-order valence-electron chi connectivity index (χ0n) is 12.0. The number of furan rings is 1. The van der Waals surface area contributed by atoms with Crippen LogP contribution in [-0.2, 0) is 6.54 Å². The third-order valence-electron chi connectivity index (χ3n) is 3.11. The number of pyridine rings is 1. The van der Waals surface area contributed by atoms with Crippen molar-refractivity contribution in [3.8, 4) is 11.3 Å². The maximum atomic E-state index is 11.9. The number of carbonyl (C=O) groups excluding carboxylic acids is 1. The number of nitrogens with one attached hydrogen (secondary N) is 1. The fraction of sp³-hybridized carbons (Fsp3) is 0.125. The molecule has 0 aliphatic carbocycles. The first-order valence-electron chi connectivity index (χ1n) is 6.77. The van der Waals surface area contributed by atoms with E-state index >= 15 is 0 Å². The van der Waals surface area contributed by atoms with Crippen LogP contribution in [0.1, 0.15) is 21.7 Å². The van der Waals surface area contributed by atoms with Crippen molar-refractivity contribution in [3.63, 3.8) is 0 Å². The number of nitrogens with zero attached hydrogens (tertiary/aromatic N) is 3. The van der Waals surface area contributed by atoms with Crippen LogP contribution in [0.2, 0.25) is 0 Å². The lowest BCUT2D eigenvalue weighted by molar-refractivity contribution is 0.0945. The topological polar surface area (TPSA) is 80.9 Å². The van der Waals surface area contributed by atoms with Crippen molar-refractivity contribution in [3.05, 3.63) is 66.3 Å². The van der Waals surface area contributed by atoms with Crippen molar-refractivity contribution in [2.24, 2.45) is 0 Å². The molecule has 6 heteroatoms. The molecule has 3 rings (SSSR count). The summed E-state index contributed by atoms with van der Waals surface area (Å²) in [7, 11) is 0. The van der Waals surface area contributed by atoms with Gasteiger partial charge in [-0.1, -0.05) is 6.07 Å². The van der Waals surface area contributed by atoms with E-state index in [1.54, 1.807) is 24.9 Å². The molecule has 1 amide bonds. The molecule has 0 aliphatic heterocycles. The normalized spacial score (nSPS) is 10.4.